The van der Waals surface area contributed by atoms with Gasteiger partial charge >= 0.3 is 0 Å². The minimum atomic E-state index is -0.375. The van der Waals surface area contributed by atoms with Crippen molar-refractivity contribution in [2.75, 3.05) is 25.0 Å². The molecule has 1 aliphatic heterocycles. The third-order valence-corrected chi connectivity index (χ3v) is 4.09. The second kappa shape index (κ2) is 7.06. The van der Waals surface area contributed by atoms with Gasteiger partial charge in [0.1, 0.15) is 5.02 Å². The van der Waals surface area contributed by atoms with E-state index in [0.717, 1.165) is 19.5 Å². The molecule has 2 rings (SSSR count). The molecule has 0 aliphatic carbocycles. The molecule has 1 saturated heterocycles. The van der Waals surface area contributed by atoms with Crippen molar-refractivity contribution in [1.82, 2.24) is 15.1 Å². The highest BCUT2D eigenvalue weighted by Gasteiger charge is 2.21. The van der Waals surface area contributed by atoms with E-state index in [9.17, 15) is 4.79 Å². The number of halogens is 1. The van der Waals surface area contributed by atoms with Gasteiger partial charge in [-0.15, -0.1) is 0 Å². The van der Waals surface area contributed by atoms with Gasteiger partial charge in [0.25, 0.3) is 5.56 Å². The molecule has 1 aromatic rings. The van der Waals surface area contributed by atoms with Crippen LogP contribution in [-0.2, 0) is 6.54 Å². The van der Waals surface area contributed by atoms with Crippen LogP contribution in [0, 0.1) is 5.92 Å². The standard InChI is InChI=1S/C13H21ClN4O2/c1-9(10-3-2-4-15-7-10)17-11-8-16-18(5-6-19)13(20)12(11)14/h8-10,15,17,19H,2-7H2,1H3. The number of rotatable bonds is 5. The van der Waals surface area contributed by atoms with Crippen molar-refractivity contribution in [3.8, 4) is 0 Å². The summed E-state index contributed by atoms with van der Waals surface area (Å²) in [4.78, 5) is 11.9. The van der Waals surface area contributed by atoms with Crippen molar-refractivity contribution in [3.05, 3.63) is 21.6 Å². The Morgan fingerprint density at radius 3 is 3.15 bits per heavy atom. The monoisotopic (exact) mass is 300 g/mol. The topological polar surface area (TPSA) is 79.2 Å². The fourth-order valence-electron chi connectivity index (χ4n) is 2.49. The van der Waals surface area contributed by atoms with Crippen LogP contribution in [-0.4, -0.2) is 40.6 Å². The lowest BCUT2D eigenvalue weighted by molar-refractivity contribution is 0.266. The average Bonchev–Trinajstić information content (AvgIpc) is 2.48. The van der Waals surface area contributed by atoms with Gasteiger partial charge in [-0.25, -0.2) is 4.68 Å². The Bertz CT molecular complexity index is 500. The van der Waals surface area contributed by atoms with Crippen LogP contribution < -0.4 is 16.2 Å². The number of hydrogen-bond donors (Lipinski definition) is 3. The molecule has 2 heterocycles. The summed E-state index contributed by atoms with van der Waals surface area (Å²) in [5, 5.41) is 19.6. The summed E-state index contributed by atoms with van der Waals surface area (Å²) in [5.74, 6) is 0.514. The van der Waals surface area contributed by atoms with Crippen molar-refractivity contribution < 1.29 is 5.11 Å². The van der Waals surface area contributed by atoms with Crippen molar-refractivity contribution >= 4 is 17.3 Å². The first-order valence-electron chi connectivity index (χ1n) is 6.97. The summed E-state index contributed by atoms with van der Waals surface area (Å²) in [5.41, 5.74) is 0.184. The van der Waals surface area contributed by atoms with Crippen LogP contribution in [0.4, 0.5) is 5.69 Å². The summed E-state index contributed by atoms with van der Waals surface area (Å²) < 4.78 is 1.17. The lowest BCUT2D eigenvalue weighted by atomic mass is 9.93. The lowest BCUT2D eigenvalue weighted by Gasteiger charge is -2.29. The summed E-state index contributed by atoms with van der Waals surface area (Å²) in [6.45, 7) is 4.15. The molecule has 0 amide bonds. The quantitative estimate of drug-likeness (QED) is 0.745. The van der Waals surface area contributed by atoms with Crippen LogP contribution in [0.1, 0.15) is 19.8 Å². The van der Waals surface area contributed by atoms with Crippen LogP contribution in [0.3, 0.4) is 0 Å². The molecular weight excluding hydrogens is 280 g/mol. The first kappa shape index (κ1) is 15.3. The molecule has 3 N–H and O–H groups in total. The van der Waals surface area contributed by atoms with Crippen molar-refractivity contribution in [2.45, 2.75) is 32.4 Å². The fraction of sp³-hybridized carbons (Fsp3) is 0.692. The van der Waals surface area contributed by atoms with Gasteiger partial charge < -0.3 is 15.7 Å². The molecule has 2 atom stereocenters. The number of piperidine rings is 1. The number of aliphatic hydroxyl groups is 1. The Morgan fingerprint density at radius 1 is 1.70 bits per heavy atom. The molecule has 7 heteroatoms. The van der Waals surface area contributed by atoms with Gasteiger partial charge in [-0.3, -0.25) is 4.79 Å². The van der Waals surface area contributed by atoms with E-state index in [0.29, 0.717) is 11.6 Å². The Labute approximate surface area is 123 Å². The molecule has 0 radical (unpaired) electrons. The van der Waals surface area contributed by atoms with E-state index >= 15 is 0 Å². The first-order chi connectivity index (χ1) is 9.63. The van der Waals surface area contributed by atoms with E-state index in [1.165, 1.54) is 11.1 Å². The van der Waals surface area contributed by atoms with E-state index < -0.39 is 0 Å². The molecule has 1 fully saturated rings. The van der Waals surface area contributed by atoms with E-state index in [-0.39, 0.29) is 29.8 Å². The molecule has 2 unspecified atom stereocenters. The normalized spacial score (nSPS) is 20.6. The molecule has 112 valence electrons. The highest BCUT2D eigenvalue weighted by atomic mass is 35.5. The molecule has 6 nitrogen and oxygen atoms in total. The van der Waals surface area contributed by atoms with Crippen LogP contribution in [0.2, 0.25) is 5.02 Å². The second-order valence-electron chi connectivity index (χ2n) is 5.16. The van der Waals surface area contributed by atoms with E-state index in [1.807, 2.05) is 0 Å². The molecule has 0 aromatic carbocycles. The third kappa shape index (κ3) is 3.50. The molecule has 0 spiro atoms. The maximum atomic E-state index is 11.9. The van der Waals surface area contributed by atoms with E-state index in [2.05, 4.69) is 22.7 Å². The Kier molecular flexibility index (Phi) is 5.39. The molecule has 1 aromatic heterocycles. The smallest absolute Gasteiger partial charge is 0.287 e. The van der Waals surface area contributed by atoms with Crippen LogP contribution in [0.25, 0.3) is 0 Å². The summed E-state index contributed by atoms with van der Waals surface area (Å²) >= 11 is 6.08. The molecule has 0 saturated carbocycles. The highest BCUT2D eigenvalue weighted by molar-refractivity contribution is 6.32. The molecule has 0 bridgehead atoms. The van der Waals surface area contributed by atoms with Gasteiger partial charge in [0.2, 0.25) is 0 Å². The Hall–Kier alpha value is -1.11. The summed E-state index contributed by atoms with van der Waals surface area (Å²) in [7, 11) is 0. The van der Waals surface area contributed by atoms with E-state index in [4.69, 9.17) is 16.7 Å². The van der Waals surface area contributed by atoms with Gasteiger partial charge in [0, 0.05) is 6.04 Å². The summed E-state index contributed by atoms with van der Waals surface area (Å²) in [6, 6.07) is 0.218. The highest BCUT2D eigenvalue weighted by Crippen LogP contribution is 2.21. The third-order valence-electron chi connectivity index (χ3n) is 3.72. The van der Waals surface area contributed by atoms with Gasteiger partial charge in [0.05, 0.1) is 25.0 Å². The second-order valence-corrected chi connectivity index (χ2v) is 5.54. The van der Waals surface area contributed by atoms with Crippen LogP contribution in [0.15, 0.2) is 11.0 Å². The number of aliphatic hydroxyl groups excluding tert-OH is 1. The number of hydrogen-bond acceptors (Lipinski definition) is 5. The first-order valence-corrected chi connectivity index (χ1v) is 7.35. The van der Waals surface area contributed by atoms with Gasteiger partial charge in [-0.2, -0.15) is 5.10 Å². The average molecular weight is 301 g/mol. The zero-order chi connectivity index (χ0) is 14.5. The minimum absolute atomic E-state index is 0.129. The molecular formula is C13H21ClN4O2. The zero-order valence-corrected chi connectivity index (χ0v) is 12.4. The Morgan fingerprint density at radius 2 is 2.50 bits per heavy atom. The van der Waals surface area contributed by atoms with Crippen molar-refractivity contribution in [1.29, 1.82) is 0 Å². The SMILES string of the molecule is CC(Nc1cnn(CCO)c(=O)c1Cl)C1CCCNC1. The van der Waals surface area contributed by atoms with Crippen molar-refractivity contribution in [2.24, 2.45) is 5.92 Å². The minimum Gasteiger partial charge on any atom is -0.394 e. The van der Waals surface area contributed by atoms with Crippen LogP contribution >= 0.6 is 11.6 Å². The van der Waals surface area contributed by atoms with Crippen molar-refractivity contribution in [3.63, 3.8) is 0 Å². The maximum Gasteiger partial charge on any atom is 0.287 e. The van der Waals surface area contributed by atoms with Crippen LogP contribution in [0.5, 0.6) is 0 Å². The van der Waals surface area contributed by atoms with Gasteiger partial charge in [-0.1, -0.05) is 11.6 Å². The molecule has 1 aliphatic rings. The predicted molar refractivity (Wildman–Crippen MR) is 79.3 cm³/mol. The number of anilines is 1. The molecule has 20 heavy (non-hydrogen) atoms. The number of nitrogens with one attached hydrogen (secondary N) is 2. The largest absolute Gasteiger partial charge is 0.394 e. The predicted octanol–water partition coefficient (Wildman–Crippen LogP) is 0.689. The van der Waals surface area contributed by atoms with Gasteiger partial charge in [0.15, 0.2) is 0 Å². The Balaban J connectivity index is 2.09. The summed E-state index contributed by atoms with van der Waals surface area (Å²) in [6.07, 6.45) is 3.88. The number of aromatic nitrogens is 2. The number of nitrogens with zero attached hydrogens (tertiary/aromatic N) is 2. The zero-order valence-electron chi connectivity index (χ0n) is 11.6. The lowest BCUT2D eigenvalue weighted by Crippen LogP contribution is -2.39. The fourth-order valence-corrected chi connectivity index (χ4v) is 2.69. The van der Waals surface area contributed by atoms with E-state index in [1.54, 1.807) is 6.20 Å². The van der Waals surface area contributed by atoms with Gasteiger partial charge in [-0.05, 0) is 38.8 Å². The maximum absolute atomic E-state index is 11.9.